The van der Waals surface area contributed by atoms with E-state index >= 15 is 0 Å². The van der Waals surface area contributed by atoms with E-state index in [1.54, 1.807) is 0 Å². The standard InChI is InChI=1S/C12H19NO.ClH/c1-13(2)10-12(14)9-5-8-11-6-3-4-7-11;/h6,12,14H,3-4,7,9-10H2,1-2H3;1H. The van der Waals surface area contributed by atoms with Gasteiger partial charge in [-0.05, 0) is 38.9 Å². The number of allylic oxidation sites excluding steroid dienone is 2. The van der Waals surface area contributed by atoms with E-state index in [2.05, 4.69) is 17.9 Å². The van der Waals surface area contributed by atoms with Gasteiger partial charge in [-0.2, -0.15) is 0 Å². The molecule has 0 heterocycles. The lowest BCUT2D eigenvalue weighted by Gasteiger charge is -2.12. The molecule has 0 aromatic heterocycles. The number of hydrogen-bond donors (Lipinski definition) is 1. The fourth-order valence-corrected chi connectivity index (χ4v) is 1.55. The molecule has 3 heteroatoms. The van der Waals surface area contributed by atoms with Crippen LogP contribution in [0.4, 0.5) is 0 Å². The van der Waals surface area contributed by atoms with E-state index in [9.17, 15) is 5.11 Å². The molecule has 1 aliphatic carbocycles. The molecule has 1 aliphatic rings. The van der Waals surface area contributed by atoms with Crippen LogP contribution in [-0.4, -0.2) is 36.8 Å². The Labute approximate surface area is 98.8 Å². The minimum atomic E-state index is -0.320. The zero-order valence-corrected chi connectivity index (χ0v) is 10.3. The molecule has 86 valence electrons. The third-order valence-electron chi connectivity index (χ3n) is 2.20. The van der Waals surface area contributed by atoms with Crippen molar-refractivity contribution in [2.45, 2.75) is 31.8 Å². The van der Waals surface area contributed by atoms with Crippen LogP contribution in [0.2, 0.25) is 0 Å². The number of hydrogen-bond acceptors (Lipinski definition) is 2. The van der Waals surface area contributed by atoms with Gasteiger partial charge < -0.3 is 10.0 Å². The van der Waals surface area contributed by atoms with Crippen molar-refractivity contribution in [1.29, 1.82) is 0 Å². The molecule has 0 spiro atoms. The maximum absolute atomic E-state index is 9.53. The van der Waals surface area contributed by atoms with Gasteiger partial charge in [0.05, 0.1) is 6.10 Å². The van der Waals surface area contributed by atoms with Gasteiger partial charge in [-0.3, -0.25) is 0 Å². The van der Waals surface area contributed by atoms with E-state index in [1.807, 2.05) is 19.0 Å². The number of nitrogens with zero attached hydrogens (tertiary/aromatic N) is 1. The van der Waals surface area contributed by atoms with Crippen LogP contribution in [0.5, 0.6) is 0 Å². The van der Waals surface area contributed by atoms with Gasteiger partial charge >= 0.3 is 0 Å². The Bertz CT molecular complexity index is 263. The molecule has 0 aliphatic heterocycles. The van der Waals surface area contributed by atoms with Gasteiger partial charge in [-0.1, -0.05) is 17.9 Å². The van der Waals surface area contributed by atoms with E-state index in [0.717, 1.165) is 6.42 Å². The SMILES string of the molecule is CN(C)CC(O)CC#CC1=CCCC1.Cl. The smallest absolute Gasteiger partial charge is 0.0776 e. The molecule has 2 nitrogen and oxygen atoms in total. The van der Waals surface area contributed by atoms with E-state index in [1.165, 1.54) is 18.4 Å². The van der Waals surface area contributed by atoms with Crippen molar-refractivity contribution in [3.63, 3.8) is 0 Å². The molecule has 0 aromatic carbocycles. The van der Waals surface area contributed by atoms with Crippen molar-refractivity contribution in [1.82, 2.24) is 4.90 Å². The first-order chi connectivity index (χ1) is 6.68. The highest BCUT2D eigenvalue weighted by molar-refractivity contribution is 5.85. The molecule has 1 rings (SSSR count). The molecule has 0 amide bonds. The Morgan fingerprint density at radius 2 is 2.27 bits per heavy atom. The summed E-state index contributed by atoms with van der Waals surface area (Å²) in [6, 6.07) is 0. The molecule has 0 saturated carbocycles. The average molecular weight is 230 g/mol. The molecule has 0 fully saturated rings. The lowest BCUT2D eigenvalue weighted by Crippen LogP contribution is -2.25. The highest BCUT2D eigenvalue weighted by Crippen LogP contribution is 2.16. The number of likely N-dealkylation sites (N-methyl/N-ethyl adjacent to an activating group) is 1. The van der Waals surface area contributed by atoms with Crippen LogP contribution < -0.4 is 0 Å². The lowest BCUT2D eigenvalue weighted by atomic mass is 10.2. The highest BCUT2D eigenvalue weighted by atomic mass is 35.5. The van der Waals surface area contributed by atoms with Gasteiger partial charge in [-0.25, -0.2) is 0 Å². The van der Waals surface area contributed by atoms with Gasteiger partial charge in [0.25, 0.3) is 0 Å². The Balaban J connectivity index is 0.00000196. The molecule has 15 heavy (non-hydrogen) atoms. The van der Waals surface area contributed by atoms with Crippen molar-refractivity contribution < 1.29 is 5.11 Å². The van der Waals surface area contributed by atoms with Crippen LogP contribution in [0.3, 0.4) is 0 Å². The van der Waals surface area contributed by atoms with Crippen LogP contribution in [0.1, 0.15) is 25.7 Å². The zero-order valence-electron chi connectivity index (χ0n) is 9.49. The summed E-state index contributed by atoms with van der Waals surface area (Å²) in [7, 11) is 3.91. The van der Waals surface area contributed by atoms with Crippen LogP contribution in [0, 0.1) is 11.8 Å². The number of aliphatic hydroxyl groups excluding tert-OH is 1. The summed E-state index contributed by atoms with van der Waals surface area (Å²) in [4.78, 5) is 1.97. The molecular weight excluding hydrogens is 210 g/mol. The first-order valence-corrected chi connectivity index (χ1v) is 5.19. The summed E-state index contributed by atoms with van der Waals surface area (Å²) in [5.41, 5.74) is 1.25. The van der Waals surface area contributed by atoms with Crippen molar-refractivity contribution in [2.24, 2.45) is 0 Å². The molecule has 1 unspecified atom stereocenters. The van der Waals surface area contributed by atoms with Crippen LogP contribution >= 0.6 is 12.4 Å². The summed E-state index contributed by atoms with van der Waals surface area (Å²) in [5.74, 6) is 6.16. The summed E-state index contributed by atoms with van der Waals surface area (Å²) < 4.78 is 0. The van der Waals surface area contributed by atoms with Crippen molar-refractivity contribution >= 4 is 12.4 Å². The number of rotatable bonds is 3. The minimum absolute atomic E-state index is 0. The Morgan fingerprint density at radius 3 is 2.80 bits per heavy atom. The predicted octanol–water partition coefficient (Wildman–Crippen LogP) is 1.83. The Morgan fingerprint density at radius 1 is 1.53 bits per heavy atom. The largest absolute Gasteiger partial charge is 0.391 e. The quantitative estimate of drug-likeness (QED) is 0.747. The van der Waals surface area contributed by atoms with Gasteiger partial charge in [0.1, 0.15) is 0 Å². The first-order valence-electron chi connectivity index (χ1n) is 5.19. The third kappa shape index (κ3) is 6.57. The second-order valence-electron chi connectivity index (χ2n) is 4.04. The summed E-state index contributed by atoms with van der Waals surface area (Å²) >= 11 is 0. The average Bonchev–Trinajstić information content (AvgIpc) is 2.55. The monoisotopic (exact) mass is 229 g/mol. The van der Waals surface area contributed by atoms with E-state index in [4.69, 9.17) is 0 Å². The molecule has 1 atom stereocenters. The van der Waals surface area contributed by atoms with Crippen molar-refractivity contribution in [3.8, 4) is 11.8 Å². The summed E-state index contributed by atoms with van der Waals surface area (Å²) in [5, 5.41) is 9.53. The topological polar surface area (TPSA) is 23.5 Å². The molecular formula is C12H20ClNO. The number of aliphatic hydroxyl groups is 1. The zero-order chi connectivity index (χ0) is 10.4. The normalized spacial score (nSPS) is 16.4. The van der Waals surface area contributed by atoms with Gasteiger partial charge in [0.15, 0.2) is 0 Å². The van der Waals surface area contributed by atoms with Crippen LogP contribution in [0.25, 0.3) is 0 Å². The van der Waals surface area contributed by atoms with Crippen molar-refractivity contribution in [3.05, 3.63) is 11.6 Å². The van der Waals surface area contributed by atoms with Gasteiger partial charge in [-0.15, -0.1) is 12.4 Å². The highest BCUT2D eigenvalue weighted by Gasteiger charge is 2.03. The number of halogens is 1. The second-order valence-corrected chi connectivity index (χ2v) is 4.04. The fourth-order valence-electron chi connectivity index (χ4n) is 1.55. The van der Waals surface area contributed by atoms with Crippen molar-refractivity contribution in [2.75, 3.05) is 20.6 Å². The molecule has 0 radical (unpaired) electrons. The van der Waals surface area contributed by atoms with Crippen LogP contribution in [0.15, 0.2) is 11.6 Å². The Kier molecular flexibility index (Phi) is 7.50. The van der Waals surface area contributed by atoms with Gasteiger partial charge in [0, 0.05) is 13.0 Å². The maximum atomic E-state index is 9.53. The minimum Gasteiger partial charge on any atom is -0.391 e. The first kappa shape index (κ1) is 14.5. The lowest BCUT2D eigenvalue weighted by molar-refractivity contribution is 0.141. The van der Waals surface area contributed by atoms with E-state index in [0.29, 0.717) is 13.0 Å². The summed E-state index contributed by atoms with van der Waals surface area (Å²) in [6.45, 7) is 0.688. The van der Waals surface area contributed by atoms with Gasteiger partial charge in [0.2, 0.25) is 0 Å². The maximum Gasteiger partial charge on any atom is 0.0776 e. The van der Waals surface area contributed by atoms with E-state index in [-0.39, 0.29) is 18.5 Å². The predicted molar refractivity (Wildman–Crippen MR) is 66.1 cm³/mol. The Hall–Kier alpha value is -0.490. The molecule has 0 bridgehead atoms. The van der Waals surface area contributed by atoms with Crippen LogP contribution in [-0.2, 0) is 0 Å². The second kappa shape index (κ2) is 7.76. The molecule has 0 aromatic rings. The van der Waals surface area contributed by atoms with E-state index < -0.39 is 0 Å². The molecule has 1 N–H and O–H groups in total. The fraction of sp³-hybridized carbons (Fsp3) is 0.667. The summed E-state index contributed by atoms with van der Waals surface area (Å²) in [6.07, 6.45) is 5.99. The molecule has 0 saturated heterocycles. The third-order valence-corrected chi connectivity index (χ3v) is 2.20.